The van der Waals surface area contributed by atoms with Crippen LogP contribution in [0.25, 0.3) is 0 Å². The molecule has 0 aliphatic heterocycles. The Hall–Kier alpha value is -1.34. The Balaban J connectivity index is 2.02. The van der Waals surface area contributed by atoms with Gasteiger partial charge < -0.3 is 5.32 Å². The lowest BCUT2D eigenvalue weighted by Gasteiger charge is -2.28. The van der Waals surface area contributed by atoms with Gasteiger partial charge in [0.2, 0.25) is 0 Å². The number of aryl methyl sites for hydroxylation is 3. The maximum Gasteiger partial charge on any atom is 0.109 e. The predicted molar refractivity (Wildman–Crippen MR) is 71.1 cm³/mol. The molecule has 1 saturated carbocycles. The number of nitriles is 1. The molecule has 2 atom stereocenters. The summed E-state index contributed by atoms with van der Waals surface area (Å²) in [5, 5.41) is 17.1. The van der Waals surface area contributed by atoms with E-state index >= 15 is 0 Å². The first-order valence-corrected chi connectivity index (χ1v) is 6.72. The summed E-state index contributed by atoms with van der Waals surface area (Å²) in [6.45, 7) is 5.02. The van der Waals surface area contributed by atoms with Crippen molar-refractivity contribution in [3.63, 3.8) is 0 Å². The number of hydrogen-bond acceptors (Lipinski definition) is 3. The second-order valence-electron chi connectivity index (χ2n) is 5.36. The highest BCUT2D eigenvalue weighted by Gasteiger charge is 2.41. The average Bonchev–Trinajstić information content (AvgIpc) is 2.90. The van der Waals surface area contributed by atoms with E-state index < -0.39 is 0 Å². The predicted octanol–water partition coefficient (Wildman–Crippen LogP) is 2.17. The fourth-order valence-electron chi connectivity index (χ4n) is 3.18. The molecule has 0 saturated heterocycles. The molecule has 0 spiro atoms. The van der Waals surface area contributed by atoms with E-state index in [2.05, 4.69) is 34.2 Å². The summed E-state index contributed by atoms with van der Waals surface area (Å²) in [7, 11) is 1.91. The molecule has 1 aromatic heterocycles. The van der Waals surface area contributed by atoms with Crippen LogP contribution < -0.4 is 5.32 Å². The van der Waals surface area contributed by atoms with E-state index in [0.717, 1.165) is 37.9 Å². The molecule has 0 aromatic carbocycles. The average molecular weight is 246 g/mol. The van der Waals surface area contributed by atoms with E-state index in [1.165, 1.54) is 5.69 Å². The highest BCUT2D eigenvalue weighted by molar-refractivity contribution is 5.13. The lowest BCUT2D eigenvalue weighted by molar-refractivity contribution is 0.302. The Morgan fingerprint density at radius 3 is 2.94 bits per heavy atom. The van der Waals surface area contributed by atoms with E-state index in [4.69, 9.17) is 0 Å². The number of nitrogens with zero attached hydrogens (tertiary/aromatic N) is 3. The van der Waals surface area contributed by atoms with Gasteiger partial charge in [-0.25, -0.2) is 0 Å². The van der Waals surface area contributed by atoms with Gasteiger partial charge in [-0.2, -0.15) is 10.4 Å². The van der Waals surface area contributed by atoms with Crippen molar-refractivity contribution in [2.75, 3.05) is 7.05 Å². The minimum absolute atomic E-state index is 0.309. The molecule has 1 fully saturated rings. The van der Waals surface area contributed by atoms with Gasteiger partial charge in [-0.15, -0.1) is 0 Å². The molecule has 1 aliphatic carbocycles. The first-order chi connectivity index (χ1) is 8.61. The Labute approximate surface area is 109 Å². The van der Waals surface area contributed by atoms with Crippen molar-refractivity contribution in [1.82, 2.24) is 15.1 Å². The third-order valence-electron chi connectivity index (χ3n) is 4.26. The molecule has 2 rings (SSSR count). The summed E-state index contributed by atoms with van der Waals surface area (Å²) in [6, 6.07) is 4.59. The summed E-state index contributed by atoms with van der Waals surface area (Å²) in [5.74, 6) is 0.441. The molecule has 4 nitrogen and oxygen atoms in total. The fourth-order valence-corrected chi connectivity index (χ4v) is 3.18. The molecule has 0 bridgehead atoms. The van der Waals surface area contributed by atoms with Crippen molar-refractivity contribution in [2.45, 2.75) is 51.6 Å². The molecular formula is C14H22N4. The third kappa shape index (κ3) is 2.28. The first kappa shape index (κ1) is 13.1. The van der Waals surface area contributed by atoms with E-state index in [1.807, 2.05) is 14.0 Å². The third-order valence-corrected chi connectivity index (χ3v) is 4.26. The number of hydrogen-bond donors (Lipinski definition) is 1. The normalized spacial score (nSPS) is 27.3. The maximum atomic E-state index is 9.41. The van der Waals surface area contributed by atoms with Gasteiger partial charge >= 0.3 is 0 Å². The second kappa shape index (κ2) is 5.11. The minimum atomic E-state index is -0.309. The fraction of sp³-hybridized carbons (Fsp3) is 0.714. The second-order valence-corrected chi connectivity index (χ2v) is 5.36. The molecule has 0 amide bonds. The highest BCUT2D eigenvalue weighted by Crippen LogP contribution is 2.37. The van der Waals surface area contributed by atoms with Gasteiger partial charge in [0.25, 0.3) is 0 Å². The van der Waals surface area contributed by atoms with Crippen LogP contribution in [0.2, 0.25) is 0 Å². The molecule has 2 unspecified atom stereocenters. The van der Waals surface area contributed by atoms with Crippen molar-refractivity contribution in [3.05, 3.63) is 17.5 Å². The Morgan fingerprint density at radius 2 is 2.39 bits per heavy atom. The Morgan fingerprint density at radius 1 is 1.61 bits per heavy atom. The number of aromatic nitrogens is 2. The van der Waals surface area contributed by atoms with E-state index in [9.17, 15) is 5.26 Å². The van der Waals surface area contributed by atoms with Gasteiger partial charge in [-0.1, -0.05) is 6.42 Å². The van der Waals surface area contributed by atoms with Crippen LogP contribution in [-0.4, -0.2) is 22.4 Å². The monoisotopic (exact) mass is 246 g/mol. The standard InChI is InChI=1S/C14H22N4/c1-11-9-12(2)18(17-11)8-6-13-5-4-7-14(13,10-15)16-3/h9,13,16H,4-8H2,1-3H3. The van der Waals surface area contributed by atoms with Crippen LogP contribution in [0.3, 0.4) is 0 Å². The minimum Gasteiger partial charge on any atom is -0.302 e. The zero-order valence-corrected chi connectivity index (χ0v) is 11.5. The van der Waals surface area contributed by atoms with Gasteiger partial charge in [0.1, 0.15) is 5.54 Å². The van der Waals surface area contributed by atoms with Crippen LogP contribution in [0.1, 0.15) is 37.1 Å². The van der Waals surface area contributed by atoms with Gasteiger partial charge in [0.05, 0.1) is 11.8 Å². The van der Waals surface area contributed by atoms with Crippen LogP contribution in [0.5, 0.6) is 0 Å². The van der Waals surface area contributed by atoms with Crippen LogP contribution in [0.4, 0.5) is 0 Å². The molecule has 4 heteroatoms. The quantitative estimate of drug-likeness (QED) is 0.886. The molecule has 1 aliphatic rings. The summed E-state index contributed by atoms with van der Waals surface area (Å²) in [5.41, 5.74) is 1.97. The largest absolute Gasteiger partial charge is 0.302 e. The summed E-state index contributed by atoms with van der Waals surface area (Å²) in [6.07, 6.45) is 4.29. The van der Waals surface area contributed by atoms with E-state index in [1.54, 1.807) is 0 Å². The van der Waals surface area contributed by atoms with E-state index in [0.29, 0.717) is 5.92 Å². The smallest absolute Gasteiger partial charge is 0.109 e. The van der Waals surface area contributed by atoms with Crippen LogP contribution >= 0.6 is 0 Å². The van der Waals surface area contributed by atoms with Crippen LogP contribution in [0.15, 0.2) is 6.07 Å². The van der Waals surface area contributed by atoms with Crippen molar-refractivity contribution >= 4 is 0 Å². The number of rotatable bonds is 4. The van der Waals surface area contributed by atoms with Crippen LogP contribution in [0, 0.1) is 31.1 Å². The lowest BCUT2D eigenvalue weighted by Crippen LogP contribution is -2.45. The summed E-state index contributed by atoms with van der Waals surface area (Å²) >= 11 is 0. The zero-order valence-electron chi connectivity index (χ0n) is 11.5. The molecule has 98 valence electrons. The molecule has 18 heavy (non-hydrogen) atoms. The topological polar surface area (TPSA) is 53.6 Å². The molecular weight excluding hydrogens is 224 g/mol. The van der Waals surface area contributed by atoms with Crippen molar-refractivity contribution in [2.24, 2.45) is 5.92 Å². The van der Waals surface area contributed by atoms with Gasteiger partial charge in [-0.05, 0) is 52.1 Å². The summed E-state index contributed by atoms with van der Waals surface area (Å²) in [4.78, 5) is 0. The van der Waals surface area contributed by atoms with Crippen molar-refractivity contribution < 1.29 is 0 Å². The lowest BCUT2D eigenvalue weighted by atomic mass is 9.86. The summed E-state index contributed by atoms with van der Waals surface area (Å²) < 4.78 is 2.06. The SMILES string of the molecule is CNC1(C#N)CCCC1CCn1nc(C)cc1C. The van der Waals surface area contributed by atoms with Gasteiger partial charge in [-0.3, -0.25) is 4.68 Å². The maximum absolute atomic E-state index is 9.41. The van der Waals surface area contributed by atoms with Crippen molar-refractivity contribution in [3.8, 4) is 6.07 Å². The molecule has 1 N–H and O–H groups in total. The molecule has 0 radical (unpaired) electrons. The van der Waals surface area contributed by atoms with Gasteiger partial charge in [0, 0.05) is 12.2 Å². The van der Waals surface area contributed by atoms with Gasteiger partial charge in [0.15, 0.2) is 0 Å². The zero-order chi connectivity index (χ0) is 13.2. The molecule has 1 heterocycles. The number of nitrogens with one attached hydrogen (secondary N) is 1. The van der Waals surface area contributed by atoms with Crippen molar-refractivity contribution in [1.29, 1.82) is 5.26 Å². The highest BCUT2D eigenvalue weighted by atomic mass is 15.3. The van der Waals surface area contributed by atoms with Crippen LogP contribution in [-0.2, 0) is 6.54 Å². The molecule has 1 aromatic rings. The Bertz CT molecular complexity index is 457. The van der Waals surface area contributed by atoms with E-state index in [-0.39, 0.29) is 5.54 Å². The first-order valence-electron chi connectivity index (χ1n) is 6.72. The Kier molecular flexibility index (Phi) is 3.72.